The van der Waals surface area contributed by atoms with Crippen LogP contribution in [0.4, 0.5) is 0 Å². The minimum absolute atomic E-state index is 0. The number of alkyl halides is 1. The molecular formula is C9H19Cl2NO. The van der Waals surface area contributed by atoms with Crippen LogP contribution >= 0.6 is 11.6 Å². The van der Waals surface area contributed by atoms with E-state index in [9.17, 15) is 0 Å². The molecule has 0 aromatic heterocycles. The van der Waals surface area contributed by atoms with Crippen molar-refractivity contribution in [3.05, 3.63) is 0 Å². The Morgan fingerprint density at radius 1 is 1.15 bits per heavy atom. The van der Waals surface area contributed by atoms with Gasteiger partial charge in [-0.1, -0.05) is 11.6 Å². The highest BCUT2D eigenvalue weighted by atomic mass is 35.5. The second-order valence-corrected chi connectivity index (χ2v) is 3.93. The molecule has 1 fully saturated rings. The first-order valence-electron chi connectivity index (χ1n) is 4.82. The summed E-state index contributed by atoms with van der Waals surface area (Å²) in [5, 5.41) is 0. The van der Waals surface area contributed by atoms with E-state index in [1.807, 2.05) is 0 Å². The molecule has 2 atom stereocenters. The van der Waals surface area contributed by atoms with Gasteiger partial charge in [-0.05, 0) is 20.8 Å². The van der Waals surface area contributed by atoms with E-state index in [4.69, 9.17) is 16.3 Å². The smallest absolute Gasteiger partial charge is 0.163 e. The first kappa shape index (κ1) is 13.5. The lowest BCUT2D eigenvalue weighted by molar-refractivity contribution is -0.923. The Balaban J connectivity index is 0.00000144. The van der Waals surface area contributed by atoms with Crippen molar-refractivity contribution in [3.8, 4) is 0 Å². The van der Waals surface area contributed by atoms with Crippen LogP contribution in [0.15, 0.2) is 0 Å². The molecular weight excluding hydrogens is 209 g/mol. The standard InChI is InChI=1S/C9H19ClNO.ClH/c1-4-11(5-2,6-3)7-8-9(10)12-8;/h8-9H,4-7H2,1-3H3;1H/q+1;/p-1. The van der Waals surface area contributed by atoms with E-state index in [-0.39, 0.29) is 18.0 Å². The van der Waals surface area contributed by atoms with E-state index < -0.39 is 0 Å². The lowest BCUT2D eigenvalue weighted by Crippen LogP contribution is -3.00. The zero-order valence-electron chi connectivity index (χ0n) is 8.59. The number of hydrogen-bond donors (Lipinski definition) is 0. The van der Waals surface area contributed by atoms with Gasteiger partial charge in [0.05, 0.1) is 19.6 Å². The van der Waals surface area contributed by atoms with Crippen molar-refractivity contribution >= 4 is 11.6 Å². The molecule has 0 aromatic rings. The summed E-state index contributed by atoms with van der Waals surface area (Å²) in [6, 6.07) is 0. The molecule has 0 saturated carbocycles. The molecule has 0 bridgehead atoms. The van der Waals surface area contributed by atoms with Crippen molar-refractivity contribution in [1.29, 1.82) is 0 Å². The Hall–Kier alpha value is 0.500. The van der Waals surface area contributed by atoms with E-state index >= 15 is 0 Å². The molecule has 0 radical (unpaired) electrons. The first-order valence-corrected chi connectivity index (χ1v) is 5.25. The molecule has 0 aromatic carbocycles. The highest BCUT2D eigenvalue weighted by Crippen LogP contribution is 2.28. The lowest BCUT2D eigenvalue weighted by atomic mass is 10.3. The molecule has 0 aliphatic carbocycles. The fourth-order valence-electron chi connectivity index (χ4n) is 1.69. The summed E-state index contributed by atoms with van der Waals surface area (Å²) < 4.78 is 6.36. The second kappa shape index (κ2) is 5.40. The lowest BCUT2D eigenvalue weighted by Gasteiger charge is -2.35. The third-order valence-electron chi connectivity index (χ3n) is 3.10. The largest absolute Gasteiger partial charge is 1.00 e. The molecule has 2 nitrogen and oxygen atoms in total. The predicted molar refractivity (Wildman–Crippen MR) is 51.3 cm³/mol. The fourth-order valence-corrected chi connectivity index (χ4v) is 1.90. The first-order chi connectivity index (χ1) is 5.67. The van der Waals surface area contributed by atoms with Crippen molar-refractivity contribution in [2.24, 2.45) is 0 Å². The summed E-state index contributed by atoms with van der Waals surface area (Å²) >= 11 is 5.80. The van der Waals surface area contributed by atoms with Gasteiger partial charge < -0.3 is 21.6 Å². The van der Waals surface area contributed by atoms with Gasteiger partial charge in [0.25, 0.3) is 0 Å². The highest BCUT2D eigenvalue weighted by molar-refractivity contribution is 6.21. The molecule has 13 heavy (non-hydrogen) atoms. The molecule has 1 aliphatic rings. The van der Waals surface area contributed by atoms with Crippen molar-refractivity contribution < 1.29 is 21.6 Å². The van der Waals surface area contributed by atoms with Gasteiger partial charge in [-0.25, -0.2) is 0 Å². The molecule has 2 unspecified atom stereocenters. The van der Waals surface area contributed by atoms with Crippen molar-refractivity contribution in [2.75, 3.05) is 26.2 Å². The average molecular weight is 228 g/mol. The van der Waals surface area contributed by atoms with Gasteiger partial charge in [0, 0.05) is 0 Å². The number of hydrogen-bond acceptors (Lipinski definition) is 1. The third kappa shape index (κ3) is 3.28. The molecule has 0 N–H and O–H groups in total. The van der Waals surface area contributed by atoms with Gasteiger partial charge in [-0.15, -0.1) is 0 Å². The number of likely N-dealkylation sites (N-methyl/N-ethyl adjacent to an activating group) is 1. The molecule has 1 heterocycles. The van der Waals surface area contributed by atoms with Crippen LogP contribution in [0.25, 0.3) is 0 Å². The molecule has 80 valence electrons. The van der Waals surface area contributed by atoms with Crippen LogP contribution in [-0.4, -0.2) is 42.3 Å². The minimum Gasteiger partial charge on any atom is -1.00 e. The number of halogens is 2. The Labute approximate surface area is 92.2 Å². The molecule has 1 saturated heterocycles. The van der Waals surface area contributed by atoms with E-state index in [0.29, 0.717) is 6.10 Å². The summed E-state index contributed by atoms with van der Waals surface area (Å²) in [5.74, 6) is 0. The predicted octanol–water partition coefficient (Wildman–Crippen LogP) is -1.17. The number of nitrogens with zero attached hydrogens (tertiary/aromatic N) is 1. The summed E-state index contributed by atoms with van der Waals surface area (Å²) in [6.07, 6.45) is 0.312. The summed E-state index contributed by atoms with van der Waals surface area (Å²) in [6.45, 7) is 11.3. The van der Waals surface area contributed by atoms with Gasteiger partial charge in [0.15, 0.2) is 5.56 Å². The van der Waals surface area contributed by atoms with E-state index in [1.165, 1.54) is 19.6 Å². The van der Waals surface area contributed by atoms with Crippen molar-refractivity contribution in [1.82, 2.24) is 0 Å². The molecule has 0 amide bonds. The summed E-state index contributed by atoms with van der Waals surface area (Å²) in [5.41, 5.74) is -0.00727. The van der Waals surface area contributed by atoms with Gasteiger partial charge in [-0.3, -0.25) is 0 Å². The zero-order chi connectivity index (χ0) is 9.19. The summed E-state index contributed by atoms with van der Waals surface area (Å²) in [4.78, 5) is 0. The van der Waals surface area contributed by atoms with Crippen LogP contribution in [0.2, 0.25) is 0 Å². The average Bonchev–Trinajstić information content (AvgIpc) is 2.78. The number of rotatable bonds is 5. The van der Waals surface area contributed by atoms with E-state index in [1.54, 1.807) is 0 Å². The van der Waals surface area contributed by atoms with Crippen LogP contribution in [0, 0.1) is 0 Å². The van der Waals surface area contributed by atoms with E-state index in [2.05, 4.69) is 20.8 Å². The quantitative estimate of drug-likeness (QED) is 0.328. The van der Waals surface area contributed by atoms with Crippen molar-refractivity contribution in [2.45, 2.75) is 32.4 Å². The Bertz CT molecular complexity index is 142. The van der Waals surface area contributed by atoms with Gasteiger partial charge in [0.2, 0.25) is 0 Å². The maximum absolute atomic E-state index is 5.80. The normalized spacial score (nSPS) is 26.8. The number of ether oxygens (including phenoxy) is 1. The number of epoxide rings is 1. The van der Waals surface area contributed by atoms with Crippen molar-refractivity contribution in [3.63, 3.8) is 0 Å². The zero-order valence-corrected chi connectivity index (χ0v) is 10.1. The minimum atomic E-state index is -0.00727. The maximum atomic E-state index is 5.80. The molecule has 1 aliphatic heterocycles. The fraction of sp³-hybridized carbons (Fsp3) is 1.00. The van der Waals surface area contributed by atoms with Crippen LogP contribution in [0.1, 0.15) is 20.8 Å². The Kier molecular flexibility index (Phi) is 5.61. The topological polar surface area (TPSA) is 12.5 Å². The van der Waals surface area contributed by atoms with Gasteiger partial charge in [-0.2, -0.15) is 0 Å². The second-order valence-electron chi connectivity index (χ2n) is 3.50. The highest BCUT2D eigenvalue weighted by Gasteiger charge is 2.43. The third-order valence-corrected chi connectivity index (χ3v) is 3.48. The SMILES string of the molecule is CC[N+](CC)(CC)CC1OC1Cl.[Cl-]. The van der Waals surface area contributed by atoms with Crippen LogP contribution in [0.5, 0.6) is 0 Å². The number of quaternary nitrogens is 1. The van der Waals surface area contributed by atoms with E-state index in [0.717, 1.165) is 11.0 Å². The van der Waals surface area contributed by atoms with Crippen LogP contribution < -0.4 is 12.4 Å². The summed E-state index contributed by atoms with van der Waals surface area (Å²) in [7, 11) is 0. The van der Waals surface area contributed by atoms with Gasteiger partial charge >= 0.3 is 0 Å². The molecule has 1 rings (SSSR count). The Morgan fingerprint density at radius 2 is 1.54 bits per heavy atom. The monoisotopic (exact) mass is 227 g/mol. The Morgan fingerprint density at radius 3 is 1.77 bits per heavy atom. The van der Waals surface area contributed by atoms with Crippen LogP contribution in [0.3, 0.4) is 0 Å². The van der Waals surface area contributed by atoms with Gasteiger partial charge in [0.1, 0.15) is 12.6 Å². The molecule has 4 heteroatoms. The van der Waals surface area contributed by atoms with Crippen LogP contribution in [-0.2, 0) is 4.74 Å². The maximum Gasteiger partial charge on any atom is 0.163 e. The molecule has 0 spiro atoms.